The number of aromatic nitrogens is 2. The Morgan fingerprint density at radius 3 is 2.31 bits per heavy atom. The van der Waals surface area contributed by atoms with Crippen molar-refractivity contribution in [3.8, 4) is 0 Å². The Labute approximate surface area is 226 Å². The van der Waals surface area contributed by atoms with E-state index in [1.54, 1.807) is 6.20 Å². The molecule has 10 nitrogen and oxygen atoms in total. The molecule has 2 heterocycles. The van der Waals surface area contributed by atoms with E-state index in [4.69, 9.17) is 5.73 Å². The quantitative estimate of drug-likeness (QED) is 0.368. The number of aryl methyl sites for hydroxylation is 1. The van der Waals surface area contributed by atoms with Crippen molar-refractivity contribution in [3.05, 3.63) is 89.2 Å². The van der Waals surface area contributed by atoms with E-state index in [0.717, 1.165) is 22.4 Å². The lowest BCUT2D eigenvalue weighted by Gasteiger charge is -2.34. The molecule has 1 saturated heterocycles. The lowest BCUT2D eigenvalue weighted by Crippen LogP contribution is -2.56. The van der Waals surface area contributed by atoms with E-state index in [1.807, 2.05) is 60.7 Å². The first-order valence-electron chi connectivity index (χ1n) is 13.2. The number of carboxylic acid groups (broad SMARTS) is 1. The highest BCUT2D eigenvalue weighted by Crippen LogP contribution is 2.31. The van der Waals surface area contributed by atoms with Crippen LogP contribution in [-0.4, -0.2) is 62.6 Å². The second-order valence-corrected chi connectivity index (χ2v) is 10.1. The third-order valence-electron chi connectivity index (χ3n) is 7.55. The van der Waals surface area contributed by atoms with Gasteiger partial charge >= 0.3 is 6.09 Å². The van der Waals surface area contributed by atoms with E-state index < -0.39 is 30.0 Å². The number of benzene rings is 2. The molecule has 3 amide bonds. The molecule has 1 aromatic heterocycles. The summed E-state index contributed by atoms with van der Waals surface area (Å²) in [5.74, 6) is -0.964. The molecule has 1 fully saturated rings. The Morgan fingerprint density at radius 1 is 1.00 bits per heavy atom. The average Bonchev–Trinajstić information content (AvgIpc) is 3.44. The molecular weight excluding hydrogens is 496 g/mol. The molecule has 3 atom stereocenters. The van der Waals surface area contributed by atoms with Gasteiger partial charge in [-0.2, -0.15) is 0 Å². The predicted molar refractivity (Wildman–Crippen MR) is 145 cm³/mol. The van der Waals surface area contributed by atoms with Crippen molar-refractivity contribution in [3.63, 3.8) is 0 Å². The van der Waals surface area contributed by atoms with Gasteiger partial charge in [-0.15, -0.1) is 0 Å². The number of carbonyl (C=O) groups excluding carboxylic acids is 2. The summed E-state index contributed by atoms with van der Waals surface area (Å²) < 4.78 is 0. The second-order valence-electron chi connectivity index (χ2n) is 10.1. The van der Waals surface area contributed by atoms with Crippen molar-refractivity contribution in [2.24, 2.45) is 0 Å². The molecule has 0 saturated carbocycles. The summed E-state index contributed by atoms with van der Waals surface area (Å²) in [7, 11) is 0. The highest BCUT2D eigenvalue weighted by atomic mass is 16.4. The molecule has 10 heteroatoms. The van der Waals surface area contributed by atoms with Gasteiger partial charge in [-0.3, -0.25) is 9.59 Å². The van der Waals surface area contributed by atoms with E-state index in [2.05, 4.69) is 20.6 Å². The zero-order valence-corrected chi connectivity index (χ0v) is 21.5. The number of rotatable bonds is 7. The van der Waals surface area contributed by atoms with Crippen LogP contribution < -0.4 is 16.4 Å². The van der Waals surface area contributed by atoms with E-state index >= 15 is 0 Å². The predicted octanol–water partition coefficient (Wildman–Crippen LogP) is 2.49. The molecule has 1 unspecified atom stereocenters. The number of fused-ring (bicyclic) bond motifs is 1. The van der Waals surface area contributed by atoms with Crippen LogP contribution in [0.15, 0.2) is 66.9 Å². The lowest BCUT2D eigenvalue weighted by atomic mass is 9.84. The minimum absolute atomic E-state index is 0.107. The smallest absolute Gasteiger partial charge is 0.405 e. The van der Waals surface area contributed by atoms with Crippen molar-refractivity contribution in [2.45, 2.75) is 56.1 Å². The summed E-state index contributed by atoms with van der Waals surface area (Å²) in [6.07, 6.45) is 3.57. The number of nitrogens with two attached hydrogens (primary N) is 1. The molecule has 2 aliphatic rings. The molecule has 5 N–H and O–H groups in total. The Bertz CT molecular complexity index is 1300. The van der Waals surface area contributed by atoms with Gasteiger partial charge in [0.05, 0.1) is 0 Å². The minimum Gasteiger partial charge on any atom is -0.465 e. The summed E-state index contributed by atoms with van der Waals surface area (Å²) in [5.41, 5.74) is 9.17. The zero-order chi connectivity index (χ0) is 27.4. The Hall–Kier alpha value is -4.47. The maximum Gasteiger partial charge on any atom is 0.405 e. The standard InChI is InChI=1S/C29H32N6O4/c30-28-31-17-20-16-21(13-14-22(20)33-28)32-26(36)23-12-7-15-35(23)27(37)25(34-29(38)39)24(18-8-3-1-4-9-18)19-10-5-2-6-11-19/h1-6,8-11,17,21,23-25,34H,7,12-16H2,(H,32,36)(H,38,39)(H2,30,31,33)/t21?,23-,25+/m0/s1. The molecule has 0 radical (unpaired) electrons. The fourth-order valence-corrected chi connectivity index (χ4v) is 5.74. The molecule has 3 aromatic rings. The molecule has 5 rings (SSSR count). The van der Waals surface area contributed by atoms with Crippen molar-refractivity contribution < 1.29 is 19.5 Å². The molecule has 1 aliphatic carbocycles. The lowest BCUT2D eigenvalue weighted by molar-refractivity contribution is -0.140. The van der Waals surface area contributed by atoms with Gasteiger partial charge < -0.3 is 26.4 Å². The number of nitrogens with zero attached hydrogens (tertiary/aromatic N) is 3. The SMILES string of the molecule is Nc1ncc2c(n1)CCC(NC(=O)[C@@H]1CCCN1C(=O)[C@H](NC(=O)O)C(c1ccccc1)c1ccccc1)C2. The fourth-order valence-electron chi connectivity index (χ4n) is 5.74. The second kappa shape index (κ2) is 11.5. The highest BCUT2D eigenvalue weighted by molar-refractivity contribution is 5.92. The number of carbonyl (C=O) groups is 3. The topological polar surface area (TPSA) is 151 Å². The first-order valence-corrected chi connectivity index (χ1v) is 13.2. The largest absolute Gasteiger partial charge is 0.465 e. The molecule has 0 spiro atoms. The summed E-state index contributed by atoms with van der Waals surface area (Å²) in [5, 5.41) is 15.3. The van der Waals surface area contributed by atoms with Crippen LogP contribution >= 0.6 is 0 Å². The van der Waals surface area contributed by atoms with Gasteiger partial charge in [0.25, 0.3) is 0 Å². The maximum atomic E-state index is 14.1. The van der Waals surface area contributed by atoms with Crippen LogP contribution in [0.4, 0.5) is 10.7 Å². The summed E-state index contributed by atoms with van der Waals surface area (Å²) in [6.45, 7) is 0.381. The summed E-state index contributed by atoms with van der Waals surface area (Å²) in [6, 6.07) is 16.8. The molecular formula is C29H32N6O4. The van der Waals surface area contributed by atoms with Crippen LogP contribution in [0.2, 0.25) is 0 Å². The average molecular weight is 529 g/mol. The molecule has 1 aliphatic heterocycles. The van der Waals surface area contributed by atoms with Crippen LogP contribution in [0.3, 0.4) is 0 Å². The van der Waals surface area contributed by atoms with Gasteiger partial charge in [-0.05, 0) is 48.8 Å². The number of likely N-dealkylation sites (tertiary alicyclic amines) is 1. The van der Waals surface area contributed by atoms with Crippen LogP contribution in [-0.2, 0) is 22.4 Å². The van der Waals surface area contributed by atoms with Gasteiger partial charge in [0.15, 0.2) is 0 Å². The Kier molecular flexibility index (Phi) is 7.72. The van der Waals surface area contributed by atoms with Crippen molar-refractivity contribution in [1.29, 1.82) is 0 Å². The fraction of sp³-hybridized carbons (Fsp3) is 0.345. The first-order chi connectivity index (χ1) is 18.9. The third kappa shape index (κ3) is 5.84. The van der Waals surface area contributed by atoms with Crippen LogP contribution in [0.1, 0.15) is 47.6 Å². The number of hydrogen-bond donors (Lipinski definition) is 4. The zero-order valence-electron chi connectivity index (χ0n) is 21.5. The van der Waals surface area contributed by atoms with Crippen LogP contribution in [0.5, 0.6) is 0 Å². The third-order valence-corrected chi connectivity index (χ3v) is 7.55. The number of anilines is 1. The van der Waals surface area contributed by atoms with E-state index in [-0.39, 0.29) is 17.9 Å². The number of nitrogen functional groups attached to an aromatic ring is 1. The first kappa shape index (κ1) is 26.1. The molecule has 202 valence electrons. The van der Waals surface area contributed by atoms with Crippen molar-refractivity contribution >= 4 is 23.9 Å². The number of amides is 3. The van der Waals surface area contributed by atoms with Gasteiger partial charge in [-0.25, -0.2) is 14.8 Å². The summed E-state index contributed by atoms with van der Waals surface area (Å²) >= 11 is 0. The van der Waals surface area contributed by atoms with E-state index in [1.165, 1.54) is 4.90 Å². The molecule has 2 aromatic carbocycles. The number of hydrogen-bond acceptors (Lipinski definition) is 6. The summed E-state index contributed by atoms with van der Waals surface area (Å²) in [4.78, 5) is 49.3. The van der Waals surface area contributed by atoms with Crippen LogP contribution in [0.25, 0.3) is 0 Å². The van der Waals surface area contributed by atoms with Gasteiger partial charge in [-0.1, -0.05) is 60.7 Å². The Morgan fingerprint density at radius 2 is 1.67 bits per heavy atom. The van der Waals surface area contributed by atoms with E-state index in [0.29, 0.717) is 38.6 Å². The van der Waals surface area contributed by atoms with Gasteiger partial charge in [0, 0.05) is 30.4 Å². The van der Waals surface area contributed by atoms with Crippen molar-refractivity contribution in [2.75, 3.05) is 12.3 Å². The van der Waals surface area contributed by atoms with Crippen molar-refractivity contribution in [1.82, 2.24) is 25.5 Å². The van der Waals surface area contributed by atoms with E-state index in [9.17, 15) is 19.5 Å². The molecule has 0 bridgehead atoms. The Balaban J connectivity index is 1.37. The maximum absolute atomic E-state index is 14.1. The highest BCUT2D eigenvalue weighted by Gasteiger charge is 2.42. The number of nitrogens with one attached hydrogen (secondary N) is 2. The van der Waals surface area contributed by atoms with Crippen LogP contribution in [0, 0.1) is 0 Å². The van der Waals surface area contributed by atoms with Gasteiger partial charge in [0.2, 0.25) is 17.8 Å². The van der Waals surface area contributed by atoms with Gasteiger partial charge in [0.1, 0.15) is 12.1 Å². The monoisotopic (exact) mass is 528 g/mol. The minimum atomic E-state index is -1.30. The molecule has 39 heavy (non-hydrogen) atoms. The normalized spacial score (nSPS) is 19.3.